The number of nitrogen functional groups attached to an aromatic ring is 1. The minimum Gasteiger partial charge on any atom is -1.00 e. The monoisotopic (exact) mass is 1050 g/mol. The van der Waals surface area contributed by atoms with Gasteiger partial charge in [0, 0.05) is 51.1 Å². The Morgan fingerprint density at radius 3 is 1.66 bits per heavy atom. The molecule has 0 spiro atoms. The van der Waals surface area contributed by atoms with Crippen LogP contribution in [-0.2, 0) is 35.2 Å². The summed E-state index contributed by atoms with van der Waals surface area (Å²) >= 11 is 9.97. The molecule has 2 N–H and O–H groups in total. The number of hydrogen-bond acceptors (Lipinski definition) is 12. The number of amides is 2. The average Bonchev–Trinajstić information content (AvgIpc) is 3.77. The molecule has 2 unspecified atom stereocenters. The van der Waals surface area contributed by atoms with Crippen molar-refractivity contribution in [3.05, 3.63) is 111 Å². The first-order valence-corrected chi connectivity index (χ1v) is 19.6. The number of carbonyl (C=O) groups is 5. The van der Waals surface area contributed by atoms with E-state index in [-0.39, 0.29) is 133 Å². The Labute approximate surface area is 454 Å². The van der Waals surface area contributed by atoms with Gasteiger partial charge in [-0.3, -0.25) is 14.4 Å². The van der Waals surface area contributed by atoms with Gasteiger partial charge in [0.15, 0.2) is 0 Å². The van der Waals surface area contributed by atoms with Crippen LogP contribution in [-0.4, -0.2) is 76.6 Å². The van der Waals surface area contributed by atoms with Crippen molar-refractivity contribution in [3.8, 4) is 11.5 Å². The zero-order chi connectivity index (χ0) is 42.1. The molecular formula is C40H42Br3K2N3O11. The van der Waals surface area contributed by atoms with Crippen LogP contribution in [0, 0.1) is 5.92 Å². The van der Waals surface area contributed by atoms with E-state index in [2.05, 4.69) is 52.7 Å². The van der Waals surface area contributed by atoms with Gasteiger partial charge in [-0.2, -0.15) is 0 Å². The summed E-state index contributed by atoms with van der Waals surface area (Å²) in [7, 11) is 5.92. The molecule has 19 heteroatoms. The molecule has 0 bridgehead atoms. The summed E-state index contributed by atoms with van der Waals surface area (Å²) in [4.78, 5) is 62.7. The van der Waals surface area contributed by atoms with Crippen molar-refractivity contribution in [2.45, 2.75) is 24.1 Å². The van der Waals surface area contributed by atoms with Gasteiger partial charge in [-0.1, -0.05) is 34.1 Å². The molecule has 14 nitrogen and oxygen atoms in total. The molecule has 4 aromatic rings. The Kier molecular flexibility index (Phi) is 27.0. The average molecular weight is 1060 g/mol. The minimum absolute atomic E-state index is 0. The van der Waals surface area contributed by atoms with Gasteiger partial charge < -0.3 is 46.1 Å². The second-order valence-electron chi connectivity index (χ2n) is 12.1. The molecule has 2 fully saturated rings. The molecule has 2 aliphatic heterocycles. The molecule has 0 saturated carbocycles. The first kappa shape index (κ1) is 55.3. The Morgan fingerprint density at radius 1 is 0.763 bits per heavy atom. The van der Waals surface area contributed by atoms with E-state index in [0.717, 1.165) is 35.6 Å². The van der Waals surface area contributed by atoms with Crippen molar-refractivity contribution in [3.63, 3.8) is 0 Å². The fourth-order valence-corrected chi connectivity index (χ4v) is 6.98. The summed E-state index contributed by atoms with van der Waals surface area (Å²) in [5.41, 5.74) is 9.52. The fourth-order valence-electron chi connectivity index (χ4n) is 5.71. The third-order valence-corrected chi connectivity index (χ3v) is 10.8. The largest absolute Gasteiger partial charge is 1.00 e. The fraction of sp³-hybridized carbons (Fsp3) is 0.275. The van der Waals surface area contributed by atoms with E-state index in [4.69, 9.17) is 34.7 Å². The smallest absolute Gasteiger partial charge is 1.00 e. The van der Waals surface area contributed by atoms with E-state index < -0.39 is 11.9 Å². The molecule has 2 atom stereocenters. The molecule has 2 heterocycles. The van der Waals surface area contributed by atoms with Crippen LogP contribution in [0.1, 0.15) is 40.5 Å². The Balaban J connectivity index is 0.000000889. The summed E-state index contributed by atoms with van der Waals surface area (Å²) < 4.78 is 21.0. The zero-order valence-corrected chi connectivity index (χ0v) is 44.5. The van der Waals surface area contributed by atoms with Crippen LogP contribution in [0.5, 0.6) is 11.5 Å². The summed E-state index contributed by atoms with van der Waals surface area (Å²) in [5.74, 6) is 0.755. The van der Waals surface area contributed by atoms with E-state index >= 15 is 0 Å². The maximum atomic E-state index is 12.9. The molecule has 0 aliphatic carbocycles. The number of ether oxygens (including phenoxy) is 4. The van der Waals surface area contributed by atoms with Gasteiger partial charge in [0.1, 0.15) is 11.5 Å². The molecular weight excluding hydrogens is 1020 g/mol. The van der Waals surface area contributed by atoms with Crippen LogP contribution >= 0.6 is 47.8 Å². The van der Waals surface area contributed by atoms with Gasteiger partial charge in [0.2, 0.25) is 11.8 Å². The Bertz CT molecular complexity index is 2040. The van der Waals surface area contributed by atoms with Crippen molar-refractivity contribution in [2.24, 2.45) is 5.92 Å². The predicted molar refractivity (Wildman–Crippen MR) is 223 cm³/mol. The number of benzene rings is 4. The number of methoxy groups -OCH3 is 4. The van der Waals surface area contributed by atoms with Crippen molar-refractivity contribution in [2.75, 3.05) is 57.1 Å². The SMILES string of the molecule is COC(=O)c1cc(N2CCC(Br)C2=O)ccc1Br.COC(=O)c1cc(N2CCC(Cc3cccc(OC)c3)C2=O)ccc1Br.COc1cccc(N)c1.O=CO[O-].[H-].[K+].[K+]. The van der Waals surface area contributed by atoms with Crippen molar-refractivity contribution in [1.29, 1.82) is 0 Å². The van der Waals surface area contributed by atoms with E-state index in [1.807, 2.05) is 48.5 Å². The quantitative estimate of drug-likeness (QED) is 0.0464. The summed E-state index contributed by atoms with van der Waals surface area (Å²) in [5, 5.41) is 8.43. The van der Waals surface area contributed by atoms with Gasteiger partial charge in [-0.05, 0) is 117 Å². The molecule has 4 aromatic carbocycles. The van der Waals surface area contributed by atoms with Crippen molar-refractivity contribution < 1.29 is 157 Å². The van der Waals surface area contributed by atoms with Crippen LogP contribution < -0.4 is 133 Å². The second kappa shape index (κ2) is 28.8. The van der Waals surface area contributed by atoms with Crippen molar-refractivity contribution in [1.82, 2.24) is 0 Å². The second-order valence-corrected chi connectivity index (χ2v) is 14.9. The molecule has 2 saturated heterocycles. The van der Waals surface area contributed by atoms with Crippen LogP contribution in [0.25, 0.3) is 0 Å². The van der Waals surface area contributed by atoms with E-state index in [1.165, 1.54) is 14.2 Å². The summed E-state index contributed by atoms with van der Waals surface area (Å²) in [6.07, 6.45) is 2.22. The normalized spacial score (nSPS) is 14.9. The number of alkyl halides is 1. The standard InChI is InChI=1S/C20H20BrNO4.C12H11Br2NO3.C7H9NO.CH2O3.2K.H/c1-25-16-5-3-4-13(11-16)10-14-8-9-22(19(14)23)15-6-7-18(21)17(12-15)20(24)26-2;1-18-12(17)8-6-7(2-3-9(8)13)15-5-4-10(14)11(15)16;1-9-7-4-2-3-6(8)5-7;2-1-4-3;;;/h3-7,11-12,14H,8-10H2,1-2H3;2-3,6,10H,4-5H2,1H3;2-5H,8H2,1H3;1,3H;;;/q;;;;2*+1;-1/p-1. The number of esters is 2. The van der Waals surface area contributed by atoms with Gasteiger partial charge in [0.25, 0.3) is 6.47 Å². The number of nitrogens with zero attached hydrogens (tertiary/aromatic N) is 2. The molecule has 6 rings (SSSR count). The first-order chi connectivity index (χ1) is 27.3. The summed E-state index contributed by atoms with van der Waals surface area (Å²) in [6, 6.07) is 25.6. The maximum Gasteiger partial charge on any atom is 1.00 e. The molecule has 2 amide bonds. The number of halogens is 3. The molecule has 0 aromatic heterocycles. The van der Waals surface area contributed by atoms with Crippen LogP contribution in [0.15, 0.2) is 93.9 Å². The number of anilines is 3. The van der Waals surface area contributed by atoms with Crippen LogP contribution in [0.4, 0.5) is 17.1 Å². The van der Waals surface area contributed by atoms with E-state index in [0.29, 0.717) is 51.0 Å². The molecule has 59 heavy (non-hydrogen) atoms. The molecule has 2 aliphatic rings. The third-order valence-electron chi connectivity index (χ3n) is 8.54. The Morgan fingerprint density at radius 2 is 1.24 bits per heavy atom. The number of nitrogens with two attached hydrogens (primary N) is 1. The van der Waals surface area contributed by atoms with Gasteiger partial charge in [-0.25, -0.2) is 9.59 Å². The number of carbonyl (C=O) groups excluding carboxylic acids is 5. The minimum atomic E-state index is -0.432. The topological polar surface area (TPSA) is 187 Å². The van der Waals surface area contributed by atoms with Crippen LogP contribution in [0.2, 0.25) is 0 Å². The van der Waals surface area contributed by atoms with Crippen molar-refractivity contribution >= 4 is 95.1 Å². The zero-order valence-electron chi connectivity index (χ0n) is 34.4. The maximum absolute atomic E-state index is 12.9. The first-order valence-electron chi connectivity index (χ1n) is 17.1. The van der Waals surface area contributed by atoms with Crippen LogP contribution in [0.3, 0.4) is 0 Å². The Hall–Kier alpha value is -1.70. The van der Waals surface area contributed by atoms with Gasteiger partial charge in [-0.15, -0.1) is 0 Å². The van der Waals surface area contributed by atoms with Gasteiger partial charge >= 0.3 is 115 Å². The molecule has 0 radical (unpaired) electrons. The van der Waals surface area contributed by atoms with Gasteiger partial charge in [0.05, 0.1) is 44.4 Å². The molecule has 306 valence electrons. The summed E-state index contributed by atoms with van der Waals surface area (Å²) in [6.45, 7) is 1.10. The van der Waals surface area contributed by atoms with E-state index in [1.54, 1.807) is 60.4 Å². The predicted octanol–water partition coefficient (Wildman–Crippen LogP) is 0.408. The number of rotatable bonds is 9. The third kappa shape index (κ3) is 16.8. The van der Waals surface area contributed by atoms with E-state index in [9.17, 15) is 19.2 Å². The number of hydrogen-bond donors (Lipinski definition) is 1.